The van der Waals surface area contributed by atoms with Crippen molar-refractivity contribution in [3.8, 4) is 0 Å². The Morgan fingerprint density at radius 3 is 2.64 bits per heavy atom. The quantitative estimate of drug-likeness (QED) is 0.740. The third-order valence-corrected chi connectivity index (χ3v) is 3.00. The molecule has 0 spiro atoms. The molecule has 3 heteroatoms. The fourth-order valence-electron chi connectivity index (χ4n) is 2.06. The number of carbonyl (C=O) groups is 1. The van der Waals surface area contributed by atoms with Crippen LogP contribution in [0.15, 0.2) is 0 Å². The van der Waals surface area contributed by atoms with Gasteiger partial charge < -0.3 is 10.2 Å². The molecule has 0 bridgehead atoms. The van der Waals surface area contributed by atoms with Gasteiger partial charge in [-0.05, 0) is 46.2 Å². The molecular weight excluding hydrogens is 176 g/mol. The normalized spacial score (nSPS) is 22.9. The number of carbonyl (C=O) groups excluding carboxylic acids is 1. The van der Waals surface area contributed by atoms with Gasteiger partial charge in [-0.2, -0.15) is 0 Å². The minimum Gasteiger partial charge on any atom is -0.343 e. The number of nitrogens with one attached hydrogen (secondary N) is 1. The van der Waals surface area contributed by atoms with Crippen LogP contribution in [0.4, 0.5) is 0 Å². The van der Waals surface area contributed by atoms with Crippen molar-refractivity contribution in [2.45, 2.75) is 33.1 Å². The van der Waals surface area contributed by atoms with Crippen molar-refractivity contribution in [1.29, 1.82) is 0 Å². The molecule has 14 heavy (non-hydrogen) atoms. The van der Waals surface area contributed by atoms with Crippen LogP contribution in [0.25, 0.3) is 0 Å². The first-order valence-electron chi connectivity index (χ1n) is 5.79. The van der Waals surface area contributed by atoms with Crippen LogP contribution in [0.1, 0.15) is 33.1 Å². The molecule has 3 nitrogen and oxygen atoms in total. The fraction of sp³-hybridized carbons (Fsp3) is 0.909. The fourth-order valence-corrected chi connectivity index (χ4v) is 2.06. The highest BCUT2D eigenvalue weighted by atomic mass is 16.2. The molecule has 0 saturated carbocycles. The van der Waals surface area contributed by atoms with Gasteiger partial charge in [0.1, 0.15) is 0 Å². The van der Waals surface area contributed by atoms with Crippen molar-refractivity contribution in [1.82, 2.24) is 10.2 Å². The average Bonchev–Trinajstić information content (AvgIpc) is 2.47. The lowest BCUT2D eigenvalue weighted by Gasteiger charge is -2.24. The number of hydrogen-bond acceptors (Lipinski definition) is 2. The molecule has 1 heterocycles. The highest BCUT2D eigenvalue weighted by Crippen LogP contribution is 2.16. The lowest BCUT2D eigenvalue weighted by molar-refractivity contribution is -0.135. The Kier molecular flexibility index (Phi) is 4.94. The maximum absolute atomic E-state index is 12.0. The average molecular weight is 198 g/mol. The van der Waals surface area contributed by atoms with Crippen LogP contribution in [0.3, 0.4) is 0 Å². The molecule has 1 N–H and O–H groups in total. The zero-order valence-corrected chi connectivity index (χ0v) is 9.38. The van der Waals surface area contributed by atoms with Crippen LogP contribution in [0, 0.1) is 5.92 Å². The van der Waals surface area contributed by atoms with E-state index in [2.05, 4.69) is 19.2 Å². The Morgan fingerprint density at radius 1 is 1.29 bits per heavy atom. The van der Waals surface area contributed by atoms with Crippen LogP contribution >= 0.6 is 0 Å². The van der Waals surface area contributed by atoms with Gasteiger partial charge in [0.15, 0.2) is 0 Å². The maximum atomic E-state index is 12.0. The SMILES string of the molecule is CCN(CC)C(=O)C1CCCNCC1. The smallest absolute Gasteiger partial charge is 0.225 e. The van der Waals surface area contributed by atoms with Gasteiger partial charge in [-0.25, -0.2) is 0 Å². The predicted octanol–water partition coefficient (Wildman–Crippen LogP) is 1.24. The minimum atomic E-state index is 0.268. The molecule has 0 aromatic carbocycles. The molecule has 82 valence electrons. The van der Waals surface area contributed by atoms with Crippen LogP contribution in [-0.2, 0) is 4.79 Å². The van der Waals surface area contributed by atoms with Crippen molar-refractivity contribution in [2.75, 3.05) is 26.2 Å². The summed E-state index contributed by atoms with van der Waals surface area (Å²) in [7, 11) is 0. The molecule has 1 amide bonds. The highest BCUT2D eigenvalue weighted by molar-refractivity contribution is 5.78. The second-order valence-corrected chi connectivity index (χ2v) is 3.89. The number of amides is 1. The zero-order chi connectivity index (χ0) is 10.4. The summed E-state index contributed by atoms with van der Waals surface area (Å²) in [6.45, 7) is 7.87. The van der Waals surface area contributed by atoms with E-state index in [0.717, 1.165) is 45.4 Å². The summed E-state index contributed by atoms with van der Waals surface area (Å²) in [6, 6.07) is 0. The summed E-state index contributed by atoms with van der Waals surface area (Å²) >= 11 is 0. The molecule has 1 unspecified atom stereocenters. The number of rotatable bonds is 3. The zero-order valence-electron chi connectivity index (χ0n) is 9.38. The summed E-state index contributed by atoms with van der Waals surface area (Å²) in [6.07, 6.45) is 3.20. The van der Waals surface area contributed by atoms with Crippen LogP contribution in [0.5, 0.6) is 0 Å². The van der Waals surface area contributed by atoms with Crippen molar-refractivity contribution in [3.05, 3.63) is 0 Å². The Morgan fingerprint density at radius 2 is 2.00 bits per heavy atom. The molecule has 0 radical (unpaired) electrons. The number of hydrogen-bond donors (Lipinski definition) is 1. The molecular formula is C11H22N2O. The molecule has 1 saturated heterocycles. The van der Waals surface area contributed by atoms with E-state index >= 15 is 0 Å². The van der Waals surface area contributed by atoms with Crippen molar-refractivity contribution in [2.24, 2.45) is 5.92 Å². The van der Waals surface area contributed by atoms with E-state index in [4.69, 9.17) is 0 Å². The second-order valence-electron chi connectivity index (χ2n) is 3.89. The van der Waals surface area contributed by atoms with Gasteiger partial charge in [0.05, 0.1) is 0 Å². The molecule has 1 fully saturated rings. The molecule has 1 rings (SSSR count). The van der Waals surface area contributed by atoms with Crippen molar-refractivity contribution < 1.29 is 4.79 Å². The van der Waals surface area contributed by atoms with Crippen LogP contribution in [-0.4, -0.2) is 37.0 Å². The molecule has 1 aliphatic rings. The van der Waals surface area contributed by atoms with Gasteiger partial charge >= 0.3 is 0 Å². The van der Waals surface area contributed by atoms with Crippen molar-refractivity contribution >= 4 is 5.91 Å². The first kappa shape index (κ1) is 11.5. The topological polar surface area (TPSA) is 32.3 Å². The Bertz CT molecular complexity index is 170. The third kappa shape index (κ3) is 2.98. The van der Waals surface area contributed by atoms with Gasteiger partial charge in [0, 0.05) is 19.0 Å². The van der Waals surface area contributed by atoms with E-state index in [9.17, 15) is 4.79 Å². The maximum Gasteiger partial charge on any atom is 0.225 e. The number of nitrogens with zero attached hydrogens (tertiary/aromatic N) is 1. The van der Waals surface area contributed by atoms with Crippen LogP contribution in [0.2, 0.25) is 0 Å². The van der Waals surface area contributed by atoms with E-state index in [1.165, 1.54) is 0 Å². The minimum absolute atomic E-state index is 0.268. The lowest BCUT2D eigenvalue weighted by Crippen LogP contribution is -2.36. The third-order valence-electron chi connectivity index (χ3n) is 3.00. The summed E-state index contributed by atoms with van der Waals surface area (Å²) in [4.78, 5) is 14.0. The van der Waals surface area contributed by atoms with E-state index in [0.29, 0.717) is 5.91 Å². The standard InChI is InChI=1S/C11H22N2O/c1-3-13(4-2)11(14)10-6-5-8-12-9-7-10/h10,12H,3-9H2,1-2H3. The Labute approximate surface area is 86.9 Å². The summed E-state index contributed by atoms with van der Waals surface area (Å²) in [5.41, 5.74) is 0. The molecule has 0 aromatic heterocycles. The predicted molar refractivity (Wildman–Crippen MR) is 58.1 cm³/mol. The van der Waals surface area contributed by atoms with Crippen molar-refractivity contribution in [3.63, 3.8) is 0 Å². The van der Waals surface area contributed by atoms with E-state index in [1.54, 1.807) is 0 Å². The van der Waals surface area contributed by atoms with Gasteiger partial charge in [-0.15, -0.1) is 0 Å². The monoisotopic (exact) mass is 198 g/mol. The first-order chi connectivity index (χ1) is 6.79. The molecule has 0 aromatic rings. The van der Waals surface area contributed by atoms with E-state index in [-0.39, 0.29) is 5.92 Å². The largest absolute Gasteiger partial charge is 0.343 e. The van der Waals surface area contributed by atoms with Gasteiger partial charge in [-0.1, -0.05) is 0 Å². The first-order valence-corrected chi connectivity index (χ1v) is 5.79. The van der Waals surface area contributed by atoms with E-state index < -0.39 is 0 Å². The molecule has 1 atom stereocenters. The van der Waals surface area contributed by atoms with Gasteiger partial charge in [0.2, 0.25) is 5.91 Å². The Balaban J connectivity index is 2.48. The van der Waals surface area contributed by atoms with Crippen LogP contribution < -0.4 is 5.32 Å². The summed E-state index contributed by atoms with van der Waals surface area (Å²) < 4.78 is 0. The Hall–Kier alpha value is -0.570. The van der Waals surface area contributed by atoms with Gasteiger partial charge in [-0.3, -0.25) is 4.79 Å². The lowest BCUT2D eigenvalue weighted by atomic mass is 9.99. The molecule has 1 aliphatic heterocycles. The summed E-state index contributed by atoms with van der Waals surface area (Å²) in [5.74, 6) is 0.628. The second kappa shape index (κ2) is 6.02. The van der Waals surface area contributed by atoms with Gasteiger partial charge in [0.25, 0.3) is 0 Å². The highest BCUT2D eigenvalue weighted by Gasteiger charge is 2.22. The molecule has 0 aliphatic carbocycles. The van der Waals surface area contributed by atoms with E-state index in [1.807, 2.05) is 4.90 Å². The summed E-state index contributed by atoms with van der Waals surface area (Å²) in [5, 5.41) is 3.34.